The average molecular weight is 544 g/mol. The Morgan fingerprint density at radius 1 is 1.11 bits per heavy atom. The van der Waals surface area contributed by atoms with Gasteiger partial charge in [0.25, 0.3) is 5.91 Å². The van der Waals surface area contributed by atoms with Crippen molar-refractivity contribution < 1.29 is 40.3 Å². The van der Waals surface area contributed by atoms with Crippen molar-refractivity contribution in [2.24, 2.45) is 5.73 Å². The monoisotopic (exact) mass is 544 g/mol. The van der Waals surface area contributed by atoms with Gasteiger partial charge in [0.05, 0.1) is 6.20 Å². The van der Waals surface area contributed by atoms with Crippen molar-refractivity contribution in [3.8, 4) is 5.75 Å². The zero-order valence-electron chi connectivity index (χ0n) is 19.8. The number of aromatic nitrogens is 2. The maximum absolute atomic E-state index is 15.2. The van der Waals surface area contributed by atoms with Gasteiger partial charge in [-0.15, -0.1) is 13.2 Å². The average Bonchev–Trinajstić information content (AvgIpc) is 3.20. The van der Waals surface area contributed by atoms with Crippen molar-refractivity contribution in [1.29, 1.82) is 0 Å². The first-order chi connectivity index (χ1) is 17.8. The summed E-state index contributed by atoms with van der Waals surface area (Å²) in [5.74, 6) is -1.87. The summed E-state index contributed by atoms with van der Waals surface area (Å²) in [6.07, 6.45) is -8.48. The third-order valence-corrected chi connectivity index (χ3v) is 7.41. The lowest BCUT2D eigenvalue weighted by Crippen LogP contribution is -2.56. The van der Waals surface area contributed by atoms with Gasteiger partial charge in [0.15, 0.2) is 0 Å². The summed E-state index contributed by atoms with van der Waals surface area (Å²) < 4.78 is 97.2. The molecule has 3 aromatic rings. The molecule has 1 amide bonds. The normalized spacial score (nSPS) is 21.0. The largest absolute Gasteiger partial charge is 0.573 e. The van der Waals surface area contributed by atoms with Crippen LogP contribution in [0.4, 0.5) is 30.7 Å². The number of carbonyl (C=O) groups is 1. The molecule has 1 aromatic carbocycles. The summed E-state index contributed by atoms with van der Waals surface area (Å²) in [4.78, 5) is 21.5. The van der Waals surface area contributed by atoms with Gasteiger partial charge < -0.3 is 20.4 Å². The molecule has 3 heterocycles. The van der Waals surface area contributed by atoms with E-state index in [2.05, 4.69) is 14.7 Å². The van der Waals surface area contributed by atoms with E-state index < -0.39 is 42.0 Å². The molecule has 1 unspecified atom stereocenters. The van der Waals surface area contributed by atoms with Crippen LogP contribution < -0.4 is 10.5 Å². The number of pyridine rings is 1. The lowest BCUT2D eigenvalue weighted by atomic mass is 9.78. The minimum Gasteiger partial charge on any atom is -0.406 e. The third kappa shape index (κ3) is 4.79. The Bertz CT molecular complexity index is 1360. The number of aromatic amines is 1. The van der Waals surface area contributed by atoms with Gasteiger partial charge in [0.1, 0.15) is 22.8 Å². The van der Waals surface area contributed by atoms with Crippen molar-refractivity contribution in [3.63, 3.8) is 0 Å². The molecule has 0 spiro atoms. The molecule has 13 heteroatoms. The van der Waals surface area contributed by atoms with Crippen LogP contribution in [0, 0.1) is 5.82 Å². The number of piperidine rings is 1. The predicted molar refractivity (Wildman–Crippen MR) is 122 cm³/mol. The fourth-order valence-electron chi connectivity index (χ4n) is 5.43. The third-order valence-electron chi connectivity index (χ3n) is 7.41. The van der Waals surface area contributed by atoms with Gasteiger partial charge in [-0.3, -0.25) is 4.79 Å². The highest BCUT2D eigenvalue weighted by Gasteiger charge is 2.53. The number of carbonyl (C=O) groups excluding carboxylic acids is 1. The lowest BCUT2D eigenvalue weighted by molar-refractivity contribution is -0.274. The highest BCUT2D eigenvalue weighted by molar-refractivity contribution is 5.94. The van der Waals surface area contributed by atoms with E-state index in [0.29, 0.717) is 35.1 Å². The van der Waals surface area contributed by atoms with Gasteiger partial charge in [-0.2, -0.15) is 13.2 Å². The number of fused-ring (bicyclic) bond motifs is 3. The second kappa shape index (κ2) is 9.14. The summed E-state index contributed by atoms with van der Waals surface area (Å²) in [7, 11) is 0. The zero-order valence-corrected chi connectivity index (χ0v) is 19.8. The van der Waals surface area contributed by atoms with E-state index in [1.54, 1.807) is 0 Å². The number of H-pyrrole nitrogens is 1. The summed E-state index contributed by atoms with van der Waals surface area (Å²) in [6.45, 7) is 0.451. The number of rotatable bonds is 3. The van der Waals surface area contributed by atoms with E-state index in [9.17, 15) is 31.1 Å². The molecule has 0 saturated carbocycles. The van der Waals surface area contributed by atoms with Gasteiger partial charge in [0, 0.05) is 41.7 Å². The molecule has 0 radical (unpaired) electrons. The lowest BCUT2D eigenvalue weighted by Gasteiger charge is -2.36. The number of nitrogens with one attached hydrogen (secondary N) is 1. The van der Waals surface area contributed by atoms with Gasteiger partial charge >= 0.3 is 12.5 Å². The second-order valence-electron chi connectivity index (χ2n) is 9.79. The van der Waals surface area contributed by atoms with Crippen molar-refractivity contribution in [1.82, 2.24) is 14.9 Å². The highest BCUT2D eigenvalue weighted by Crippen LogP contribution is 2.44. The molecular weight excluding hydrogens is 521 g/mol. The number of likely N-dealkylation sites (tertiary alicyclic amines) is 1. The molecule has 5 rings (SSSR count). The van der Waals surface area contributed by atoms with Gasteiger partial charge in [0.2, 0.25) is 0 Å². The van der Waals surface area contributed by atoms with E-state index in [1.807, 2.05) is 0 Å². The van der Waals surface area contributed by atoms with Gasteiger partial charge in [-0.25, -0.2) is 9.37 Å². The molecule has 3 N–H and O–H groups in total. The predicted octanol–water partition coefficient (Wildman–Crippen LogP) is 5.37. The van der Waals surface area contributed by atoms with Crippen molar-refractivity contribution in [3.05, 3.63) is 58.7 Å². The quantitative estimate of drug-likeness (QED) is 0.435. The van der Waals surface area contributed by atoms with E-state index in [1.165, 1.54) is 17.0 Å². The Morgan fingerprint density at radius 2 is 1.76 bits per heavy atom. The summed E-state index contributed by atoms with van der Waals surface area (Å²) in [5, 5.41) is 0.323. The number of hydrogen-bond donors (Lipinski definition) is 2. The minimum absolute atomic E-state index is 0.0580. The first-order valence-electron chi connectivity index (χ1n) is 11.9. The number of halogens is 7. The van der Waals surface area contributed by atoms with Crippen LogP contribution in [0.5, 0.6) is 5.75 Å². The van der Waals surface area contributed by atoms with Crippen LogP contribution in [-0.4, -0.2) is 51.9 Å². The van der Waals surface area contributed by atoms with Crippen LogP contribution in [0.2, 0.25) is 0 Å². The van der Waals surface area contributed by atoms with Crippen LogP contribution in [0.15, 0.2) is 30.5 Å². The van der Waals surface area contributed by atoms with Crippen molar-refractivity contribution >= 4 is 16.9 Å². The molecular formula is C25H23F7N4O2. The Morgan fingerprint density at radius 3 is 2.37 bits per heavy atom. The highest BCUT2D eigenvalue weighted by atomic mass is 19.4. The Balaban J connectivity index is 1.36. The number of benzene rings is 1. The molecule has 1 atom stereocenters. The van der Waals surface area contributed by atoms with Crippen LogP contribution in [0.25, 0.3) is 11.0 Å². The molecule has 38 heavy (non-hydrogen) atoms. The van der Waals surface area contributed by atoms with Crippen LogP contribution in [0.3, 0.4) is 0 Å². The van der Waals surface area contributed by atoms with E-state index in [-0.39, 0.29) is 43.0 Å². The SMILES string of the molecule is NC1(C(F)(F)F)CCc2[nH]c3ncc(F)c(C4CCN(C(=O)c5ccc(OC(F)(F)F)cc5)CC4)c3c2C1. The fourth-order valence-corrected chi connectivity index (χ4v) is 5.43. The molecule has 1 aliphatic carbocycles. The summed E-state index contributed by atoms with van der Waals surface area (Å²) >= 11 is 0. The minimum atomic E-state index is -4.85. The molecule has 1 fully saturated rings. The van der Waals surface area contributed by atoms with Crippen molar-refractivity contribution in [2.45, 2.75) is 56.1 Å². The molecule has 1 saturated heterocycles. The first kappa shape index (κ1) is 26.3. The summed E-state index contributed by atoms with van der Waals surface area (Å²) in [6, 6.07) is 4.55. The van der Waals surface area contributed by atoms with Crippen molar-refractivity contribution in [2.75, 3.05) is 13.1 Å². The van der Waals surface area contributed by atoms with Crippen LogP contribution >= 0.6 is 0 Å². The molecule has 204 valence electrons. The van der Waals surface area contributed by atoms with Crippen LogP contribution in [0.1, 0.15) is 52.4 Å². The Labute approximate surface area is 212 Å². The molecule has 0 bridgehead atoms. The number of amides is 1. The van der Waals surface area contributed by atoms with Crippen LogP contribution in [-0.2, 0) is 12.8 Å². The number of hydrogen-bond acceptors (Lipinski definition) is 4. The van der Waals surface area contributed by atoms with E-state index >= 15 is 4.39 Å². The smallest absolute Gasteiger partial charge is 0.406 e. The van der Waals surface area contributed by atoms with Gasteiger partial charge in [-0.1, -0.05) is 0 Å². The standard InChI is InChI=1S/C25H23F7N4O2/c26-17-12-34-21-20(16-11-23(33,24(27,28)29)8-5-18(16)35-21)19(17)13-6-9-36(10-7-13)22(37)14-1-3-15(4-2-14)38-25(30,31)32/h1-4,12-13H,5-11,33H2,(H,34,35). The zero-order chi connectivity index (χ0) is 27.5. The number of ether oxygens (including phenoxy) is 1. The molecule has 1 aliphatic heterocycles. The first-order valence-corrected chi connectivity index (χ1v) is 11.9. The number of aryl methyl sites for hydroxylation is 1. The fraction of sp³-hybridized carbons (Fsp3) is 0.440. The summed E-state index contributed by atoms with van der Waals surface area (Å²) in [5.41, 5.74) is 4.96. The molecule has 2 aliphatic rings. The Kier molecular flexibility index (Phi) is 6.32. The maximum Gasteiger partial charge on any atom is 0.573 e. The van der Waals surface area contributed by atoms with Gasteiger partial charge in [-0.05, 0) is 61.4 Å². The maximum atomic E-state index is 15.2. The molecule has 2 aromatic heterocycles. The number of nitrogens with zero attached hydrogens (tertiary/aromatic N) is 2. The number of nitrogens with two attached hydrogens (primary N) is 1. The Hall–Kier alpha value is -3.35. The number of alkyl halides is 6. The second-order valence-corrected chi connectivity index (χ2v) is 9.79. The molecule has 6 nitrogen and oxygen atoms in total. The van der Waals surface area contributed by atoms with E-state index in [4.69, 9.17) is 5.73 Å². The topological polar surface area (TPSA) is 84.2 Å². The van der Waals surface area contributed by atoms with E-state index in [0.717, 1.165) is 18.3 Å².